The summed E-state index contributed by atoms with van der Waals surface area (Å²) >= 11 is 0. The van der Waals surface area contributed by atoms with Gasteiger partial charge in [0.25, 0.3) is 0 Å². The molecule has 0 spiro atoms. The monoisotopic (exact) mass is 500 g/mol. The minimum atomic E-state index is -0.755. The molecule has 1 aromatic heterocycles. The van der Waals surface area contributed by atoms with Crippen LogP contribution < -0.4 is 19.6 Å². The van der Waals surface area contributed by atoms with Crippen molar-refractivity contribution in [3.63, 3.8) is 0 Å². The number of rotatable bonds is 6. The lowest BCUT2D eigenvalue weighted by atomic mass is 9.84. The highest BCUT2D eigenvalue weighted by Gasteiger charge is 2.38. The summed E-state index contributed by atoms with van der Waals surface area (Å²) in [5.41, 5.74) is 1.65. The normalized spacial score (nSPS) is 14.6. The van der Waals surface area contributed by atoms with Crippen molar-refractivity contribution >= 4 is 16.9 Å². The van der Waals surface area contributed by atoms with Crippen molar-refractivity contribution in [2.45, 2.75) is 19.3 Å². The van der Waals surface area contributed by atoms with Crippen molar-refractivity contribution in [2.24, 2.45) is 0 Å². The Bertz CT molecular complexity index is 1600. The van der Waals surface area contributed by atoms with Crippen LogP contribution in [0.3, 0.4) is 0 Å². The summed E-state index contributed by atoms with van der Waals surface area (Å²) in [4.78, 5) is 25.9. The number of hydrogen-bond acceptors (Lipinski definition) is 8. The van der Waals surface area contributed by atoms with Crippen molar-refractivity contribution in [3.8, 4) is 40.1 Å². The molecule has 1 aliphatic heterocycles. The SMILES string of the molecule is C=C(C)COc1c(OC)cccc1[C@@H]1CC(=O)Oc2c(O)c(O)c3c(=O)cc(-c4ccccc4)oc3c21. The number of aromatic hydroxyl groups is 2. The Morgan fingerprint density at radius 3 is 2.54 bits per heavy atom. The number of para-hydroxylation sites is 1. The highest BCUT2D eigenvalue weighted by Crippen LogP contribution is 2.54. The summed E-state index contributed by atoms with van der Waals surface area (Å²) in [7, 11) is 1.50. The Balaban J connectivity index is 1.84. The molecule has 0 amide bonds. The first-order chi connectivity index (χ1) is 17.8. The second-order valence-electron chi connectivity index (χ2n) is 8.84. The lowest BCUT2D eigenvalue weighted by Gasteiger charge is -2.28. The third-order valence-corrected chi connectivity index (χ3v) is 6.17. The van der Waals surface area contributed by atoms with Gasteiger partial charge < -0.3 is 28.8 Å². The van der Waals surface area contributed by atoms with Crippen molar-refractivity contribution in [3.05, 3.63) is 88.1 Å². The third-order valence-electron chi connectivity index (χ3n) is 6.17. The van der Waals surface area contributed by atoms with Crippen LogP contribution in [0.1, 0.15) is 30.4 Å². The van der Waals surface area contributed by atoms with E-state index < -0.39 is 28.8 Å². The predicted molar refractivity (Wildman–Crippen MR) is 137 cm³/mol. The van der Waals surface area contributed by atoms with Gasteiger partial charge >= 0.3 is 5.97 Å². The lowest BCUT2D eigenvalue weighted by Crippen LogP contribution is -2.23. The molecule has 0 radical (unpaired) electrons. The van der Waals surface area contributed by atoms with Gasteiger partial charge in [-0.2, -0.15) is 0 Å². The minimum absolute atomic E-state index is 0.00262. The molecule has 5 rings (SSSR count). The highest BCUT2D eigenvalue weighted by atomic mass is 16.5. The van der Waals surface area contributed by atoms with E-state index in [4.69, 9.17) is 18.6 Å². The maximum absolute atomic E-state index is 13.2. The number of methoxy groups -OCH3 is 1. The van der Waals surface area contributed by atoms with Crippen LogP contribution in [0.5, 0.6) is 28.7 Å². The van der Waals surface area contributed by atoms with Gasteiger partial charge in [-0.15, -0.1) is 0 Å². The van der Waals surface area contributed by atoms with Crippen molar-refractivity contribution in [1.29, 1.82) is 0 Å². The Morgan fingerprint density at radius 2 is 1.84 bits per heavy atom. The Kier molecular flexibility index (Phi) is 6.09. The zero-order valence-electron chi connectivity index (χ0n) is 20.2. The number of hydrogen-bond donors (Lipinski definition) is 2. The molecule has 1 atom stereocenters. The van der Waals surface area contributed by atoms with E-state index in [1.807, 2.05) is 13.0 Å². The van der Waals surface area contributed by atoms with Gasteiger partial charge in [0.15, 0.2) is 28.4 Å². The number of esters is 1. The van der Waals surface area contributed by atoms with Crippen LogP contribution in [-0.2, 0) is 4.79 Å². The number of phenolic OH excluding ortho intramolecular Hbond substituents is 2. The number of fused-ring (bicyclic) bond motifs is 3. The molecule has 0 fully saturated rings. The maximum Gasteiger partial charge on any atom is 0.312 e. The van der Waals surface area contributed by atoms with Crippen LogP contribution >= 0.6 is 0 Å². The van der Waals surface area contributed by atoms with Gasteiger partial charge in [-0.3, -0.25) is 9.59 Å². The predicted octanol–water partition coefficient (Wildman–Crippen LogP) is 5.28. The minimum Gasteiger partial charge on any atom is -0.504 e. The van der Waals surface area contributed by atoms with Gasteiger partial charge in [-0.05, 0) is 18.6 Å². The largest absolute Gasteiger partial charge is 0.504 e. The summed E-state index contributed by atoms with van der Waals surface area (Å²) in [6.07, 6.45) is -0.137. The van der Waals surface area contributed by atoms with E-state index in [1.54, 1.807) is 42.5 Å². The van der Waals surface area contributed by atoms with Crippen LogP contribution in [0.2, 0.25) is 0 Å². The van der Waals surface area contributed by atoms with Crippen LogP contribution in [0.25, 0.3) is 22.3 Å². The van der Waals surface area contributed by atoms with E-state index in [1.165, 1.54) is 13.2 Å². The first-order valence-corrected chi connectivity index (χ1v) is 11.6. The fourth-order valence-corrected chi connectivity index (χ4v) is 4.54. The standard InChI is InChI=1S/C29H24O8/c1-15(2)14-35-27-17(10-7-11-20(27)34-3)18-12-22(31)37-29-23(18)28-24(25(32)26(29)33)19(30)13-21(36-28)16-8-5-4-6-9-16/h4-11,13,18,32-33H,1,12,14H2,2-3H3/t18-/m0/s1. The first-order valence-electron chi connectivity index (χ1n) is 11.6. The number of carbonyl (C=O) groups excluding carboxylic acids is 1. The smallest absolute Gasteiger partial charge is 0.312 e. The van der Waals surface area contributed by atoms with E-state index in [0.717, 1.165) is 5.57 Å². The van der Waals surface area contributed by atoms with E-state index >= 15 is 0 Å². The second-order valence-corrected chi connectivity index (χ2v) is 8.84. The fourth-order valence-electron chi connectivity index (χ4n) is 4.54. The first kappa shape index (κ1) is 24.0. The summed E-state index contributed by atoms with van der Waals surface area (Å²) in [6.45, 7) is 5.89. The zero-order valence-corrected chi connectivity index (χ0v) is 20.2. The van der Waals surface area contributed by atoms with Gasteiger partial charge in [-0.25, -0.2) is 0 Å². The van der Waals surface area contributed by atoms with Crippen LogP contribution in [-0.4, -0.2) is 29.9 Å². The molecule has 2 heterocycles. The van der Waals surface area contributed by atoms with E-state index in [0.29, 0.717) is 22.6 Å². The van der Waals surface area contributed by atoms with Crippen LogP contribution in [0.4, 0.5) is 0 Å². The quantitative estimate of drug-likeness (QED) is 0.159. The molecule has 4 aromatic rings. The van der Waals surface area contributed by atoms with E-state index in [-0.39, 0.29) is 41.1 Å². The molecule has 0 bridgehead atoms. The molecule has 3 aromatic carbocycles. The van der Waals surface area contributed by atoms with Crippen LogP contribution in [0, 0.1) is 0 Å². The maximum atomic E-state index is 13.2. The Labute approximate surface area is 212 Å². The lowest BCUT2D eigenvalue weighted by molar-refractivity contribution is -0.135. The molecule has 37 heavy (non-hydrogen) atoms. The molecule has 188 valence electrons. The fraction of sp³-hybridized carbons (Fsp3) is 0.172. The van der Waals surface area contributed by atoms with Gasteiger partial charge in [0.1, 0.15) is 23.3 Å². The number of carbonyl (C=O) groups is 1. The molecule has 0 saturated carbocycles. The number of phenols is 2. The van der Waals surface area contributed by atoms with E-state index in [9.17, 15) is 19.8 Å². The Morgan fingerprint density at radius 1 is 1.08 bits per heavy atom. The average Bonchev–Trinajstić information content (AvgIpc) is 2.89. The summed E-state index contributed by atoms with van der Waals surface area (Å²) in [6, 6.07) is 15.5. The summed E-state index contributed by atoms with van der Waals surface area (Å²) < 4.78 is 23.1. The molecule has 2 N–H and O–H groups in total. The van der Waals surface area contributed by atoms with Gasteiger partial charge in [0.2, 0.25) is 5.75 Å². The van der Waals surface area contributed by atoms with Crippen molar-refractivity contribution in [1.82, 2.24) is 0 Å². The van der Waals surface area contributed by atoms with Crippen molar-refractivity contribution < 1.29 is 33.6 Å². The summed E-state index contributed by atoms with van der Waals surface area (Å²) in [5.74, 6) is -2.04. The van der Waals surface area contributed by atoms with Crippen molar-refractivity contribution in [2.75, 3.05) is 13.7 Å². The zero-order chi connectivity index (χ0) is 26.3. The van der Waals surface area contributed by atoms with Gasteiger partial charge in [0.05, 0.1) is 19.1 Å². The molecule has 8 heteroatoms. The number of ether oxygens (including phenoxy) is 3. The van der Waals surface area contributed by atoms with E-state index in [2.05, 4.69) is 6.58 Å². The topological polar surface area (TPSA) is 115 Å². The van der Waals surface area contributed by atoms with Crippen LogP contribution in [0.15, 0.2) is 76.0 Å². The highest BCUT2D eigenvalue weighted by molar-refractivity contribution is 5.96. The molecular formula is C29H24O8. The molecular weight excluding hydrogens is 476 g/mol. The molecule has 8 nitrogen and oxygen atoms in total. The number of benzene rings is 3. The second kappa shape index (κ2) is 9.39. The Hall–Kier alpha value is -4.72. The third kappa shape index (κ3) is 4.16. The molecule has 0 unspecified atom stereocenters. The van der Waals surface area contributed by atoms with Gasteiger partial charge in [-0.1, -0.05) is 49.0 Å². The van der Waals surface area contributed by atoms with Gasteiger partial charge in [0, 0.05) is 23.1 Å². The average molecular weight is 501 g/mol. The summed E-state index contributed by atoms with van der Waals surface area (Å²) in [5, 5.41) is 21.3. The molecule has 1 aliphatic rings. The molecule has 0 saturated heterocycles. The molecule has 0 aliphatic carbocycles.